The molecule has 178 valence electrons. The molecule has 12 heteroatoms. The number of non-ortho nitro benzene ring substituents is 1. The molecule has 0 spiro atoms. The minimum absolute atomic E-state index is 0.146. The molecule has 3 amide bonds. The molecule has 34 heavy (non-hydrogen) atoms. The van der Waals surface area contributed by atoms with Gasteiger partial charge in [0.15, 0.2) is 18.1 Å². The smallest absolute Gasteiger partial charge is 0.293 e. The molecule has 2 aromatic carbocycles. The highest BCUT2D eigenvalue weighted by Crippen LogP contribution is 2.34. The molecule has 0 atom stereocenters. The van der Waals surface area contributed by atoms with Crippen LogP contribution in [0.2, 0.25) is 0 Å². The minimum Gasteiger partial charge on any atom is -0.493 e. The summed E-state index contributed by atoms with van der Waals surface area (Å²) < 4.78 is 15.8. The van der Waals surface area contributed by atoms with Gasteiger partial charge in [-0.15, -0.1) is 0 Å². The van der Waals surface area contributed by atoms with Gasteiger partial charge in [0, 0.05) is 24.9 Å². The number of rotatable bonds is 10. The minimum atomic E-state index is -0.557. The van der Waals surface area contributed by atoms with E-state index < -0.39 is 16.7 Å². The fourth-order valence-electron chi connectivity index (χ4n) is 2.96. The quantitative estimate of drug-likeness (QED) is 0.304. The Balaban J connectivity index is 1.65. The number of hydrogen-bond acceptors (Lipinski definition) is 9. The van der Waals surface area contributed by atoms with Crippen molar-refractivity contribution in [3.63, 3.8) is 0 Å². The van der Waals surface area contributed by atoms with Crippen molar-refractivity contribution in [2.24, 2.45) is 0 Å². The Bertz CT molecular complexity index is 1150. The van der Waals surface area contributed by atoms with E-state index in [0.29, 0.717) is 11.3 Å². The highest BCUT2D eigenvalue weighted by Gasteiger charge is 2.34. The van der Waals surface area contributed by atoms with Crippen LogP contribution in [0.4, 0.5) is 16.2 Å². The van der Waals surface area contributed by atoms with Crippen molar-refractivity contribution in [1.29, 1.82) is 0 Å². The van der Waals surface area contributed by atoms with Crippen molar-refractivity contribution in [3.8, 4) is 11.5 Å². The molecule has 0 radical (unpaired) electrons. The number of nitrogens with zero attached hydrogens (tertiary/aromatic N) is 2. The Morgan fingerprint density at radius 2 is 1.97 bits per heavy atom. The normalized spacial score (nSPS) is 14.4. The largest absolute Gasteiger partial charge is 0.493 e. The summed E-state index contributed by atoms with van der Waals surface area (Å²) in [7, 11) is 2.91. The molecule has 1 aliphatic heterocycles. The number of nitro groups is 1. The van der Waals surface area contributed by atoms with Crippen LogP contribution in [0.1, 0.15) is 5.56 Å². The second-order valence-corrected chi connectivity index (χ2v) is 7.87. The first kappa shape index (κ1) is 24.7. The average molecular weight is 487 g/mol. The number of carbonyl (C=O) groups is 3. The first-order chi connectivity index (χ1) is 16.3. The highest BCUT2D eigenvalue weighted by molar-refractivity contribution is 8.18. The van der Waals surface area contributed by atoms with Gasteiger partial charge in [-0.2, -0.15) is 0 Å². The number of amides is 3. The van der Waals surface area contributed by atoms with Gasteiger partial charge in [-0.05, 0) is 41.6 Å². The van der Waals surface area contributed by atoms with E-state index in [1.807, 2.05) is 0 Å². The summed E-state index contributed by atoms with van der Waals surface area (Å²) in [5.41, 5.74) is 0.722. The zero-order valence-electron chi connectivity index (χ0n) is 18.3. The standard InChI is InChI=1S/C22H21N3O8S/c1-31-9-8-24-21(27)19(34-22(24)28)11-14-6-7-17(18(10-14)32-2)33-13-20(26)23-15-4-3-5-16(12-15)25(29)30/h3-7,10-12H,8-9,13H2,1-2H3,(H,23,26)/b19-11-. The van der Waals surface area contributed by atoms with Gasteiger partial charge in [0.25, 0.3) is 22.7 Å². The van der Waals surface area contributed by atoms with Crippen molar-refractivity contribution in [2.75, 3.05) is 39.3 Å². The second-order valence-electron chi connectivity index (χ2n) is 6.88. The van der Waals surface area contributed by atoms with E-state index in [1.54, 1.807) is 24.3 Å². The molecule has 0 unspecified atom stereocenters. The van der Waals surface area contributed by atoms with E-state index in [1.165, 1.54) is 38.5 Å². The second kappa shape index (κ2) is 11.3. The number of nitrogens with one attached hydrogen (secondary N) is 1. The van der Waals surface area contributed by atoms with Crippen molar-refractivity contribution in [2.45, 2.75) is 0 Å². The number of hydrogen-bond donors (Lipinski definition) is 1. The molecule has 0 bridgehead atoms. The van der Waals surface area contributed by atoms with Crippen LogP contribution in [0.5, 0.6) is 11.5 Å². The van der Waals surface area contributed by atoms with Crippen LogP contribution in [-0.2, 0) is 14.3 Å². The van der Waals surface area contributed by atoms with E-state index in [2.05, 4.69) is 5.32 Å². The van der Waals surface area contributed by atoms with Crippen LogP contribution in [-0.4, -0.2) is 60.9 Å². The lowest BCUT2D eigenvalue weighted by Gasteiger charge is -2.12. The molecular formula is C22H21N3O8S. The van der Waals surface area contributed by atoms with Gasteiger partial charge in [-0.3, -0.25) is 29.4 Å². The zero-order chi connectivity index (χ0) is 24.7. The zero-order valence-corrected chi connectivity index (χ0v) is 19.1. The maximum atomic E-state index is 12.5. The molecule has 0 saturated carbocycles. The first-order valence-corrected chi connectivity index (χ1v) is 10.7. The first-order valence-electron chi connectivity index (χ1n) is 9.92. The van der Waals surface area contributed by atoms with Crippen LogP contribution in [0, 0.1) is 10.1 Å². The number of anilines is 1. The van der Waals surface area contributed by atoms with Gasteiger partial charge < -0.3 is 19.5 Å². The summed E-state index contributed by atoms with van der Waals surface area (Å²) in [6, 6.07) is 10.4. The molecule has 11 nitrogen and oxygen atoms in total. The number of ether oxygens (including phenoxy) is 3. The SMILES string of the molecule is COCCN1C(=O)S/C(=C\c2ccc(OCC(=O)Nc3cccc([N+](=O)[O-])c3)c(OC)c2)C1=O. The van der Waals surface area contributed by atoms with E-state index >= 15 is 0 Å². The topological polar surface area (TPSA) is 137 Å². The lowest BCUT2D eigenvalue weighted by atomic mass is 10.2. The third-order valence-electron chi connectivity index (χ3n) is 4.58. The Hall–Kier alpha value is -3.90. The lowest BCUT2D eigenvalue weighted by molar-refractivity contribution is -0.384. The predicted octanol–water partition coefficient (Wildman–Crippen LogP) is 3.30. The van der Waals surface area contributed by atoms with Gasteiger partial charge in [0.05, 0.1) is 30.1 Å². The molecule has 1 N–H and O–H groups in total. The molecule has 0 aromatic heterocycles. The number of imide groups is 1. The highest BCUT2D eigenvalue weighted by atomic mass is 32.2. The van der Waals surface area contributed by atoms with Crippen molar-refractivity contribution < 1.29 is 33.5 Å². The molecule has 1 saturated heterocycles. The summed E-state index contributed by atoms with van der Waals surface area (Å²) in [6.45, 7) is 0.0592. The summed E-state index contributed by atoms with van der Waals surface area (Å²) >= 11 is 0.838. The Kier molecular flexibility index (Phi) is 8.22. The predicted molar refractivity (Wildman–Crippen MR) is 125 cm³/mol. The third kappa shape index (κ3) is 6.11. The Labute approximate surface area is 198 Å². The molecule has 1 heterocycles. The van der Waals surface area contributed by atoms with Gasteiger partial charge in [-0.1, -0.05) is 12.1 Å². The number of benzene rings is 2. The van der Waals surface area contributed by atoms with Crippen LogP contribution in [0.3, 0.4) is 0 Å². The summed E-state index contributed by atoms with van der Waals surface area (Å²) in [5.74, 6) is -0.321. The monoisotopic (exact) mass is 487 g/mol. The molecular weight excluding hydrogens is 466 g/mol. The van der Waals surface area contributed by atoms with Crippen molar-refractivity contribution >= 4 is 46.3 Å². The Morgan fingerprint density at radius 3 is 2.68 bits per heavy atom. The Morgan fingerprint density at radius 1 is 1.18 bits per heavy atom. The van der Waals surface area contributed by atoms with Gasteiger partial charge in [0.2, 0.25) is 0 Å². The summed E-state index contributed by atoms with van der Waals surface area (Å²) in [5, 5.41) is 13.0. The van der Waals surface area contributed by atoms with E-state index in [9.17, 15) is 24.5 Å². The summed E-state index contributed by atoms with van der Waals surface area (Å²) in [6.07, 6.45) is 1.57. The lowest BCUT2D eigenvalue weighted by Crippen LogP contribution is -2.31. The molecule has 2 aromatic rings. The fraction of sp³-hybridized carbons (Fsp3) is 0.227. The summed E-state index contributed by atoms with van der Waals surface area (Å²) in [4.78, 5) is 48.4. The van der Waals surface area contributed by atoms with Crippen LogP contribution in [0.25, 0.3) is 6.08 Å². The van der Waals surface area contributed by atoms with Gasteiger partial charge in [0.1, 0.15) is 0 Å². The number of methoxy groups -OCH3 is 2. The molecule has 1 fully saturated rings. The molecule has 0 aliphatic carbocycles. The number of carbonyl (C=O) groups excluding carboxylic acids is 3. The molecule has 3 rings (SSSR count). The van der Waals surface area contributed by atoms with E-state index in [-0.39, 0.29) is 47.0 Å². The molecule has 1 aliphatic rings. The fourth-order valence-corrected chi connectivity index (χ4v) is 3.82. The van der Waals surface area contributed by atoms with Gasteiger partial charge >= 0.3 is 0 Å². The van der Waals surface area contributed by atoms with Gasteiger partial charge in [-0.25, -0.2) is 0 Å². The van der Waals surface area contributed by atoms with Crippen LogP contribution in [0.15, 0.2) is 47.4 Å². The van der Waals surface area contributed by atoms with Crippen LogP contribution >= 0.6 is 11.8 Å². The van der Waals surface area contributed by atoms with E-state index in [4.69, 9.17) is 14.2 Å². The number of nitro benzene ring substituents is 1. The number of thioether (sulfide) groups is 1. The maximum absolute atomic E-state index is 12.5. The average Bonchev–Trinajstić information content (AvgIpc) is 3.08. The van der Waals surface area contributed by atoms with Crippen molar-refractivity contribution in [3.05, 3.63) is 63.0 Å². The van der Waals surface area contributed by atoms with E-state index in [0.717, 1.165) is 16.7 Å². The maximum Gasteiger partial charge on any atom is 0.293 e. The van der Waals surface area contributed by atoms with Crippen LogP contribution < -0.4 is 14.8 Å². The third-order valence-corrected chi connectivity index (χ3v) is 5.48. The van der Waals surface area contributed by atoms with Crippen molar-refractivity contribution in [1.82, 2.24) is 4.90 Å².